The number of fused-ring (bicyclic) bond motifs is 1. The third-order valence-corrected chi connectivity index (χ3v) is 5.07. The van der Waals surface area contributed by atoms with Crippen molar-refractivity contribution < 1.29 is 13.8 Å². The number of benzene rings is 2. The van der Waals surface area contributed by atoms with E-state index in [9.17, 15) is 4.79 Å². The van der Waals surface area contributed by atoms with Crippen LogP contribution in [-0.2, 0) is 13.1 Å². The van der Waals surface area contributed by atoms with Crippen LogP contribution in [0.4, 0.5) is 0 Å². The first kappa shape index (κ1) is 16.8. The van der Waals surface area contributed by atoms with Gasteiger partial charge in [-0.2, -0.15) is 0 Å². The Morgan fingerprint density at radius 1 is 1.15 bits per heavy atom. The molecular formula is C21H18BrN2O2+. The van der Waals surface area contributed by atoms with E-state index in [2.05, 4.69) is 26.6 Å². The van der Waals surface area contributed by atoms with Crippen molar-refractivity contribution in [2.24, 2.45) is 0 Å². The van der Waals surface area contributed by atoms with E-state index in [0.29, 0.717) is 18.7 Å². The molecule has 0 radical (unpaired) electrons. The van der Waals surface area contributed by atoms with Gasteiger partial charge in [0.15, 0.2) is 6.54 Å². The smallest absolute Gasteiger partial charge is 0.254 e. The van der Waals surface area contributed by atoms with Crippen LogP contribution in [0.1, 0.15) is 21.9 Å². The van der Waals surface area contributed by atoms with Gasteiger partial charge in [0.25, 0.3) is 5.82 Å². The number of furan rings is 1. The average Bonchev–Trinajstić information content (AvgIpc) is 3.20. The predicted octanol–water partition coefficient (Wildman–Crippen LogP) is 4.52. The molecule has 0 atom stereocenters. The minimum Gasteiger partial charge on any atom is -0.457 e. The van der Waals surface area contributed by atoms with Gasteiger partial charge in [0.05, 0.1) is 0 Å². The molecule has 0 aliphatic heterocycles. The van der Waals surface area contributed by atoms with Crippen LogP contribution in [0.5, 0.6) is 0 Å². The molecule has 0 N–H and O–H groups in total. The molecule has 0 saturated heterocycles. The number of para-hydroxylation sites is 1. The number of imidazole rings is 1. The Kier molecular flexibility index (Phi) is 4.47. The van der Waals surface area contributed by atoms with E-state index in [1.165, 1.54) is 0 Å². The van der Waals surface area contributed by atoms with Gasteiger partial charge in [-0.3, -0.25) is 4.79 Å². The number of halogens is 1. The molecule has 4 aromatic rings. The van der Waals surface area contributed by atoms with Crippen LogP contribution in [0.3, 0.4) is 0 Å². The summed E-state index contributed by atoms with van der Waals surface area (Å²) < 4.78 is 10.9. The quantitative estimate of drug-likeness (QED) is 0.358. The van der Waals surface area contributed by atoms with Crippen molar-refractivity contribution in [2.75, 3.05) is 0 Å². The maximum atomic E-state index is 12.5. The lowest BCUT2D eigenvalue weighted by molar-refractivity contribution is -0.688. The second-order valence-electron chi connectivity index (χ2n) is 6.28. The second-order valence-corrected chi connectivity index (χ2v) is 7.20. The van der Waals surface area contributed by atoms with E-state index in [4.69, 9.17) is 4.42 Å². The first-order valence-corrected chi connectivity index (χ1v) is 9.21. The fourth-order valence-corrected chi connectivity index (χ4v) is 3.30. The lowest BCUT2D eigenvalue weighted by Gasteiger charge is -2.01. The standard InChI is InChI=1S/C21H18BrN2O2/c1-15-23(13-19-12-17-4-2-3-5-21(17)26-19)10-11-24(15)14-20(25)16-6-8-18(22)9-7-16/h2-12H,13-14H2,1H3/q+1. The maximum absolute atomic E-state index is 12.5. The topological polar surface area (TPSA) is 39.0 Å². The van der Waals surface area contributed by atoms with Crippen LogP contribution in [0, 0.1) is 6.92 Å². The molecule has 5 heteroatoms. The Hall–Kier alpha value is -2.66. The summed E-state index contributed by atoms with van der Waals surface area (Å²) in [5.41, 5.74) is 1.61. The molecule has 0 spiro atoms. The first-order valence-electron chi connectivity index (χ1n) is 8.41. The van der Waals surface area contributed by atoms with Crippen LogP contribution < -0.4 is 4.57 Å². The fraction of sp³-hybridized carbons (Fsp3) is 0.143. The van der Waals surface area contributed by atoms with Gasteiger partial charge in [-0.1, -0.05) is 46.3 Å². The first-order chi connectivity index (χ1) is 12.6. The van der Waals surface area contributed by atoms with Gasteiger partial charge in [-0.05, 0) is 24.3 Å². The minimum atomic E-state index is 0.0899. The summed E-state index contributed by atoms with van der Waals surface area (Å²) in [7, 11) is 0. The molecule has 0 saturated carbocycles. The zero-order chi connectivity index (χ0) is 18.1. The zero-order valence-electron chi connectivity index (χ0n) is 14.4. The second kappa shape index (κ2) is 6.92. The highest BCUT2D eigenvalue weighted by molar-refractivity contribution is 9.10. The molecule has 2 heterocycles. The molecule has 0 bridgehead atoms. The molecule has 2 aromatic heterocycles. The van der Waals surface area contributed by atoms with Crippen molar-refractivity contribution in [1.29, 1.82) is 0 Å². The van der Waals surface area contributed by atoms with Crippen LogP contribution in [-0.4, -0.2) is 10.4 Å². The largest absolute Gasteiger partial charge is 0.457 e. The number of hydrogen-bond donors (Lipinski definition) is 0. The van der Waals surface area contributed by atoms with E-state index >= 15 is 0 Å². The Morgan fingerprint density at radius 2 is 1.92 bits per heavy atom. The molecule has 4 rings (SSSR count). The molecule has 0 aliphatic carbocycles. The van der Waals surface area contributed by atoms with Gasteiger partial charge in [-0.15, -0.1) is 0 Å². The molecule has 2 aromatic carbocycles. The Labute approximate surface area is 159 Å². The number of rotatable bonds is 5. The number of carbonyl (C=O) groups is 1. The molecule has 130 valence electrons. The van der Waals surface area contributed by atoms with Gasteiger partial charge < -0.3 is 4.42 Å². The molecule has 0 aliphatic rings. The van der Waals surface area contributed by atoms with Gasteiger partial charge >= 0.3 is 0 Å². The lowest BCUT2D eigenvalue weighted by atomic mass is 10.1. The van der Waals surface area contributed by atoms with Gasteiger partial charge in [0.2, 0.25) is 5.78 Å². The van der Waals surface area contributed by atoms with E-state index in [0.717, 1.165) is 27.0 Å². The lowest BCUT2D eigenvalue weighted by Crippen LogP contribution is -2.39. The Balaban J connectivity index is 1.52. The van der Waals surface area contributed by atoms with Crippen LogP contribution in [0.15, 0.2) is 75.9 Å². The number of carbonyl (C=O) groups excluding carboxylic acids is 1. The van der Waals surface area contributed by atoms with Crippen molar-refractivity contribution in [2.45, 2.75) is 20.0 Å². The molecule has 0 amide bonds. The Morgan fingerprint density at radius 3 is 2.69 bits per heavy atom. The summed E-state index contributed by atoms with van der Waals surface area (Å²) in [5, 5.41) is 1.10. The Bertz CT molecular complexity index is 1040. The van der Waals surface area contributed by atoms with Crippen LogP contribution in [0.25, 0.3) is 11.0 Å². The van der Waals surface area contributed by atoms with Crippen molar-refractivity contribution in [1.82, 2.24) is 4.57 Å². The van der Waals surface area contributed by atoms with E-state index in [1.807, 2.05) is 72.4 Å². The van der Waals surface area contributed by atoms with Crippen molar-refractivity contribution in [3.8, 4) is 0 Å². The van der Waals surface area contributed by atoms with Gasteiger partial charge in [0, 0.05) is 22.3 Å². The summed E-state index contributed by atoms with van der Waals surface area (Å²) in [6.07, 6.45) is 3.92. The number of Topliss-reactive ketones (excluding diaryl/α,β-unsaturated/α-hetero) is 1. The SMILES string of the molecule is Cc1n(Cc2cc3ccccc3o2)cc[n+]1CC(=O)c1ccc(Br)cc1. The third-order valence-electron chi connectivity index (χ3n) is 4.54. The average molecular weight is 410 g/mol. The number of ketones is 1. The number of aromatic nitrogens is 2. The highest BCUT2D eigenvalue weighted by Crippen LogP contribution is 2.19. The predicted molar refractivity (Wildman–Crippen MR) is 103 cm³/mol. The van der Waals surface area contributed by atoms with E-state index in [1.54, 1.807) is 0 Å². The highest BCUT2D eigenvalue weighted by atomic mass is 79.9. The van der Waals surface area contributed by atoms with Crippen molar-refractivity contribution in [3.63, 3.8) is 0 Å². The maximum Gasteiger partial charge on any atom is 0.254 e. The molecule has 4 nitrogen and oxygen atoms in total. The van der Waals surface area contributed by atoms with Crippen molar-refractivity contribution >= 4 is 32.7 Å². The highest BCUT2D eigenvalue weighted by Gasteiger charge is 2.18. The monoisotopic (exact) mass is 409 g/mol. The molecule has 0 unspecified atom stereocenters. The van der Waals surface area contributed by atoms with Crippen molar-refractivity contribution in [3.05, 3.63) is 88.6 Å². The minimum absolute atomic E-state index is 0.0899. The molecule has 0 fully saturated rings. The van der Waals surface area contributed by atoms with Crippen LogP contribution >= 0.6 is 15.9 Å². The summed E-state index contributed by atoms with van der Waals surface area (Å²) in [5.74, 6) is 2.00. The zero-order valence-corrected chi connectivity index (χ0v) is 15.9. The molecule has 26 heavy (non-hydrogen) atoms. The van der Waals surface area contributed by atoms with E-state index < -0.39 is 0 Å². The number of hydrogen-bond acceptors (Lipinski definition) is 2. The summed E-state index contributed by atoms with van der Waals surface area (Å²) in [6, 6.07) is 17.5. The summed E-state index contributed by atoms with van der Waals surface area (Å²) >= 11 is 3.39. The summed E-state index contributed by atoms with van der Waals surface area (Å²) in [4.78, 5) is 12.5. The summed E-state index contributed by atoms with van der Waals surface area (Å²) in [6.45, 7) is 2.97. The fourth-order valence-electron chi connectivity index (χ4n) is 3.04. The molecular weight excluding hydrogens is 392 g/mol. The number of nitrogens with zero attached hydrogens (tertiary/aromatic N) is 2. The van der Waals surface area contributed by atoms with Crippen LogP contribution in [0.2, 0.25) is 0 Å². The third kappa shape index (κ3) is 3.35. The normalized spacial score (nSPS) is 11.2. The van der Waals surface area contributed by atoms with Gasteiger partial charge in [-0.25, -0.2) is 9.13 Å². The van der Waals surface area contributed by atoms with E-state index in [-0.39, 0.29) is 5.78 Å². The van der Waals surface area contributed by atoms with Gasteiger partial charge in [0.1, 0.15) is 30.3 Å².